The third kappa shape index (κ3) is 21.0. The molecule has 0 aromatic rings. The van der Waals surface area contributed by atoms with Crippen LogP contribution in [0.15, 0.2) is 0 Å². The Hall–Kier alpha value is 0.690. The van der Waals surface area contributed by atoms with Crippen molar-refractivity contribution in [1.29, 1.82) is 0 Å². The fourth-order valence-corrected chi connectivity index (χ4v) is 2.69. The van der Waals surface area contributed by atoms with Gasteiger partial charge < -0.3 is 5.73 Å². The van der Waals surface area contributed by atoms with Crippen LogP contribution in [0.2, 0.25) is 0 Å². The number of hydrogen-bond acceptors (Lipinski definition) is 1. The quantitative estimate of drug-likeness (QED) is 0.224. The highest BCUT2D eigenvalue weighted by Crippen LogP contribution is 2.13. The number of hydrogen-bond donors (Lipinski definition) is 1. The normalized spacial score (nSPS) is 10.5. The molecule has 0 unspecified atom stereocenters. The molecule has 0 bridgehead atoms. The van der Waals surface area contributed by atoms with Crippen LogP contribution in [0.3, 0.4) is 0 Å². The van der Waals surface area contributed by atoms with E-state index in [2.05, 4.69) is 6.92 Å². The predicted molar refractivity (Wildman–Crippen MR) is 104 cm³/mol. The largest absolute Gasteiger partial charge is 0.330 e. The Kier molecular flexibility index (Phi) is 25.2. The van der Waals surface area contributed by atoms with Gasteiger partial charge in [0.15, 0.2) is 0 Å². The second-order valence-corrected chi connectivity index (χ2v) is 6.09. The minimum absolute atomic E-state index is 0. The number of nitrogens with two attached hydrogens (primary N) is 1. The first kappa shape index (κ1) is 23.0. The highest BCUT2D eigenvalue weighted by Gasteiger charge is 1.94. The van der Waals surface area contributed by atoms with Gasteiger partial charge >= 0.3 is 0 Å². The lowest BCUT2D eigenvalue weighted by atomic mass is 10.0. The van der Waals surface area contributed by atoms with Crippen molar-refractivity contribution in [2.45, 2.75) is 110 Å². The molecule has 2 heteroatoms. The molecule has 124 valence electrons. The first-order chi connectivity index (χ1) is 9.41. The molecule has 0 spiro atoms. The zero-order valence-corrected chi connectivity index (χ0v) is 16.3. The van der Waals surface area contributed by atoms with Crippen molar-refractivity contribution in [2.75, 3.05) is 6.54 Å². The van der Waals surface area contributed by atoms with E-state index in [1.54, 1.807) is 0 Å². The Morgan fingerprint density at radius 3 is 0.950 bits per heavy atom. The summed E-state index contributed by atoms with van der Waals surface area (Å²) in [6, 6.07) is 0. The Morgan fingerprint density at radius 2 is 0.700 bits per heavy atom. The minimum Gasteiger partial charge on any atom is -0.330 e. The number of halogens is 1. The molecule has 0 atom stereocenters. The van der Waals surface area contributed by atoms with Crippen LogP contribution in [-0.4, -0.2) is 6.54 Å². The van der Waals surface area contributed by atoms with Crippen LogP contribution in [0.5, 0.6) is 0 Å². The smallest absolute Gasteiger partial charge is 0.00773 e. The molecular weight excluding hydrogens is 357 g/mol. The zero-order chi connectivity index (χ0) is 14.0. The summed E-state index contributed by atoms with van der Waals surface area (Å²) in [6.07, 6.45) is 22.9. The Balaban J connectivity index is 0. The summed E-state index contributed by atoms with van der Waals surface area (Å²) in [6.45, 7) is 3.16. The molecule has 0 heterocycles. The van der Waals surface area contributed by atoms with Gasteiger partial charge in [0, 0.05) is 0 Å². The molecule has 0 aliphatic carbocycles. The summed E-state index contributed by atoms with van der Waals surface area (Å²) in [7, 11) is 0. The standard InChI is InChI=1S/C18H39N.HI/c1-2-3-4-5-6-7-8-9-10-11-12-13-14-15-16-17-18-19;/h2-19H2,1H3;1H. The van der Waals surface area contributed by atoms with Crippen LogP contribution in [0.1, 0.15) is 110 Å². The molecule has 0 saturated carbocycles. The van der Waals surface area contributed by atoms with Gasteiger partial charge in [-0.3, -0.25) is 0 Å². The fourth-order valence-electron chi connectivity index (χ4n) is 2.69. The van der Waals surface area contributed by atoms with E-state index in [-0.39, 0.29) is 24.0 Å². The van der Waals surface area contributed by atoms with Gasteiger partial charge in [0.1, 0.15) is 0 Å². The van der Waals surface area contributed by atoms with E-state index >= 15 is 0 Å². The van der Waals surface area contributed by atoms with Gasteiger partial charge in [0.05, 0.1) is 0 Å². The Bertz CT molecular complexity index is 134. The molecular formula is C18H40IN. The molecule has 0 aromatic carbocycles. The van der Waals surface area contributed by atoms with Crippen LogP contribution >= 0.6 is 24.0 Å². The summed E-state index contributed by atoms with van der Waals surface area (Å²) >= 11 is 0. The highest BCUT2D eigenvalue weighted by atomic mass is 127. The van der Waals surface area contributed by atoms with Crippen LogP contribution in [0, 0.1) is 0 Å². The second-order valence-electron chi connectivity index (χ2n) is 6.09. The third-order valence-electron chi connectivity index (χ3n) is 4.06. The van der Waals surface area contributed by atoms with E-state index in [1.165, 1.54) is 103 Å². The lowest BCUT2D eigenvalue weighted by molar-refractivity contribution is 0.530. The first-order valence-corrected chi connectivity index (χ1v) is 9.12. The average Bonchev–Trinajstić information content (AvgIpc) is 2.43. The van der Waals surface area contributed by atoms with Gasteiger partial charge in [0.2, 0.25) is 0 Å². The Labute approximate surface area is 145 Å². The molecule has 0 aliphatic rings. The van der Waals surface area contributed by atoms with Gasteiger partial charge in [-0.25, -0.2) is 0 Å². The van der Waals surface area contributed by atoms with Crippen molar-refractivity contribution >= 4 is 24.0 Å². The summed E-state index contributed by atoms with van der Waals surface area (Å²) in [5, 5.41) is 0. The van der Waals surface area contributed by atoms with Gasteiger partial charge in [0.25, 0.3) is 0 Å². The van der Waals surface area contributed by atoms with Crippen molar-refractivity contribution < 1.29 is 0 Å². The Morgan fingerprint density at radius 1 is 0.450 bits per heavy atom. The molecule has 0 amide bonds. The van der Waals surface area contributed by atoms with Gasteiger partial charge in [-0.15, -0.1) is 24.0 Å². The highest BCUT2D eigenvalue weighted by molar-refractivity contribution is 14.0. The molecule has 0 saturated heterocycles. The number of unbranched alkanes of at least 4 members (excludes halogenated alkanes) is 15. The van der Waals surface area contributed by atoms with Gasteiger partial charge in [-0.2, -0.15) is 0 Å². The third-order valence-corrected chi connectivity index (χ3v) is 4.06. The summed E-state index contributed by atoms with van der Waals surface area (Å²) in [4.78, 5) is 0. The zero-order valence-electron chi connectivity index (χ0n) is 14.0. The van der Waals surface area contributed by atoms with E-state index in [4.69, 9.17) is 5.73 Å². The van der Waals surface area contributed by atoms with Crippen molar-refractivity contribution in [2.24, 2.45) is 5.73 Å². The monoisotopic (exact) mass is 397 g/mol. The summed E-state index contributed by atoms with van der Waals surface area (Å²) in [5.74, 6) is 0. The van der Waals surface area contributed by atoms with E-state index < -0.39 is 0 Å². The number of rotatable bonds is 16. The molecule has 2 N–H and O–H groups in total. The maximum absolute atomic E-state index is 5.48. The minimum atomic E-state index is 0. The first-order valence-electron chi connectivity index (χ1n) is 9.12. The fraction of sp³-hybridized carbons (Fsp3) is 1.00. The van der Waals surface area contributed by atoms with Gasteiger partial charge in [-0.1, -0.05) is 103 Å². The molecule has 0 rings (SSSR count). The van der Waals surface area contributed by atoms with E-state index in [1.807, 2.05) is 0 Å². The second kappa shape index (κ2) is 22.0. The molecule has 0 aromatic heterocycles. The van der Waals surface area contributed by atoms with Crippen LogP contribution in [-0.2, 0) is 0 Å². The summed E-state index contributed by atoms with van der Waals surface area (Å²) < 4.78 is 0. The summed E-state index contributed by atoms with van der Waals surface area (Å²) in [5.41, 5.74) is 5.48. The lowest BCUT2D eigenvalue weighted by Crippen LogP contribution is -1.97. The SMILES string of the molecule is CCCCCCCCCCCCCCCCCCN.I. The van der Waals surface area contributed by atoms with E-state index in [0.717, 1.165) is 6.54 Å². The molecule has 0 fully saturated rings. The topological polar surface area (TPSA) is 26.0 Å². The van der Waals surface area contributed by atoms with Crippen molar-refractivity contribution in [1.82, 2.24) is 0 Å². The van der Waals surface area contributed by atoms with Crippen molar-refractivity contribution in [3.05, 3.63) is 0 Å². The maximum Gasteiger partial charge on any atom is -0.00773 e. The average molecular weight is 397 g/mol. The van der Waals surface area contributed by atoms with Crippen LogP contribution in [0.4, 0.5) is 0 Å². The van der Waals surface area contributed by atoms with Crippen molar-refractivity contribution in [3.8, 4) is 0 Å². The molecule has 0 radical (unpaired) electrons. The maximum atomic E-state index is 5.48. The lowest BCUT2D eigenvalue weighted by Gasteiger charge is -2.03. The van der Waals surface area contributed by atoms with Crippen LogP contribution < -0.4 is 5.73 Å². The van der Waals surface area contributed by atoms with E-state index in [0.29, 0.717) is 0 Å². The van der Waals surface area contributed by atoms with Crippen LogP contribution in [0.25, 0.3) is 0 Å². The van der Waals surface area contributed by atoms with Gasteiger partial charge in [-0.05, 0) is 13.0 Å². The predicted octanol–water partition coefficient (Wildman–Crippen LogP) is 6.82. The van der Waals surface area contributed by atoms with E-state index in [9.17, 15) is 0 Å². The molecule has 0 aliphatic heterocycles. The molecule has 1 nitrogen and oxygen atoms in total. The van der Waals surface area contributed by atoms with Crippen molar-refractivity contribution in [3.63, 3.8) is 0 Å². The molecule has 20 heavy (non-hydrogen) atoms.